The van der Waals surface area contributed by atoms with Gasteiger partial charge in [-0.15, -0.1) is 0 Å². The van der Waals surface area contributed by atoms with Crippen molar-refractivity contribution in [2.45, 2.75) is 37.6 Å². The highest BCUT2D eigenvalue weighted by atomic mass is 19.4. The number of ether oxygens (including phenoxy) is 1. The predicted octanol–water partition coefficient (Wildman–Crippen LogP) is 2.30. The Morgan fingerprint density at radius 2 is 1.88 bits per heavy atom. The quantitative estimate of drug-likeness (QED) is 0.795. The fourth-order valence-electron chi connectivity index (χ4n) is 3.16. The summed E-state index contributed by atoms with van der Waals surface area (Å²) in [5, 5.41) is 19.2. The lowest BCUT2D eigenvalue weighted by Gasteiger charge is -2.34. The Hall–Kier alpha value is -1.15. The second-order valence-corrected chi connectivity index (χ2v) is 6.22. The van der Waals surface area contributed by atoms with E-state index in [1.165, 1.54) is 0 Å². The Morgan fingerprint density at radius 3 is 2.50 bits per heavy atom. The lowest BCUT2D eigenvalue weighted by Crippen LogP contribution is -2.40. The molecule has 2 N–H and O–H groups in total. The molecule has 0 spiro atoms. The zero-order valence-electron chi connectivity index (χ0n) is 13.5. The van der Waals surface area contributed by atoms with Gasteiger partial charge in [0.2, 0.25) is 0 Å². The number of β-amino-alcohol motifs (C(OH)–C–C–N with tert-alkyl or cyclic N) is 1. The molecule has 0 aromatic heterocycles. The molecule has 1 heterocycles. The van der Waals surface area contributed by atoms with Crippen molar-refractivity contribution in [2.75, 3.05) is 32.8 Å². The van der Waals surface area contributed by atoms with E-state index < -0.39 is 18.9 Å². The molecular formula is C17H24F3NO3. The molecule has 1 fully saturated rings. The van der Waals surface area contributed by atoms with Crippen LogP contribution in [0.3, 0.4) is 0 Å². The number of alkyl halides is 3. The van der Waals surface area contributed by atoms with Crippen LogP contribution in [-0.2, 0) is 11.3 Å². The first-order valence-corrected chi connectivity index (χ1v) is 8.12. The lowest BCUT2D eigenvalue weighted by molar-refractivity contribution is -0.179. The van der Waals surface area contributed by atoms with E-state index in [1.54, 1.807) is 0 Å². The summed E-state index contributed by atoms with van der Waals surface area (Å²) < 4.78 is 40.5. The minimum atomic E-state index is -4.36. The van der Waals surface area contributed by atoms with Crippen molar-refractivity contribution >= 4 is 0 Å². The highest BCUT2D eigenvalue weighted by Crippen LogP contribution is 2.30. The maximum Gasteiger partial charge on any atom is 0.411 e. The number of hydrogen-bond donors (Lipinski definition) is 2. The molecule has 0 amide bonds. The fraction of sp³-hybridized carbons (Fsp3) is 0.647. The van der Waals surface area contributed by atoms with Crippen LogP contribution in [0.5, 0.6) is 0 Å². The average Bonchev–Trinajstić information content (AvgIpc) is 2.54. The topological polar surface area (TPSA) is 52.9 Å². The molecule has 7 heteroatoms. The molecule has 4 nitrogen and oxygen atoms in total. The number of benzene rings is 1. The molecule has 1 aliphatic rings. The Bertz CT molecular complexity index is 502. The first-order chi connectivity index (χ1) is 11.4. The van der Waals surface area contributed by atoms with E-state index >= 15 is 0 Å². The molecule has 0 saturated carbocycles. The number of piperidine rings is 1. The SMILES string of the molecule is OCc1ccccc1C1CCN(CC(O)COCC(F)(F)F)CC1. The summed E-state index contributed by atoms with van der Waals surface area (Å²) in [6.07, 6.45) is -3.49. The summed E-state index contributed by atoms with van der Waals surface area (Å²) in [6, 6.07) is 7.82. The number of hydrogen-bond acceptors (Lipinski definition) is 4. The molecule has 0 aliphatic carbocycles. The van der Waals surface area contributed by atoms with Gasteiger partial charge in [-0.2, -0.15) is 13.2 Å². The standard InChI is InChI=1S/C17H24F3NO3/c18-17(19,20)12-24-11-15(23)9-21-7-5-13(6-8-21)16-4-2-1-3-14(16)10-22/h1-4,13,15,22-23H,5-12H2. The van der Waals surface area contributed by atoms with E-state index in [2.05, 4.69) is 4.74 Å². The van der Waals surface area contributed by atoms with E-state index in [9.17, 15) is 23.4 Å². The Kier molecular flexibility index (Phi) is 7.03. The van der Waals surface area contributed by atoms with Crippen LogP contribution in [0.4, 0.5) is 13.2 Å². The van der Waals surface area contributed by atoms with Gasteiger partial charge in [-0.1, -0.05) is 24.3 Å². The predicted molar refractivity (Wildman–Crippen MR) is 83.7 cm³/mol. The van der Waals surface area contributed by atoms with Crippen LogP contribution < -0.4 is 0 Å². The van der Waals surface area contributed by atoms with Crippen LogP contribution >= 0.6 is 0 Å². The largest absolute Gasteiger partial charge is 0.411 e. The first kappa shape index (κ1) is 19.2. The summed E-state index contributed by atoms with van der Waals surface area (Å²) in [4.78, 5) is 2.04. The van der Waals surface area contributed by atoms with Crippen LogP contribution in [0.15, 0.2) is 24.3 Å². The van der Waals surface area contributed by atoms with E-state index in [0.29, 0.717) is 12.5 Å². The maximum absolute atomic E-state index is 12.0. The number of rotatable bonds is 7. The van der Waals surface area contributed by atoms with Gasteiger partial charge >= 0.3 is 6.18 Å². The molecule has 1 aromatic rings. The minimum Gasteiger partial charge on any atom is -0.392 e. The van der Waals surface area contributed by atoms with Gasteiger partial charge in [0.1, 0.15) is 6.61 Å². The second kappa shape index (κ2) is 8.80. The van der Waals surface area contributed by atoms with Gasteiger partial charge in [-0.25, -0.2) is 0 Å². The number of nitrogens with zero attached hydrogens (tertiary/aromatic N) is 1. The second-order valence-electron chi connectivity index (χ2n) is 6.22. The highest BCUT2D eigenvalue weighted by molar-refractivity contribution is 5.30. The van der Waals surface area contributed by atoms with Crippen molar-refractivity contribution in [2.24, 2.45) is 0 Å². The molecule has 0 bridgehead atoms. The maximum atomic E-state index is 12.0. The molecule has 1 aliphatic heterocycles. The number of aliphatic hydroxyl groups is 2. The van der Waals surface area contributed by atoms with Gasteiger partial charge < -0.3 is 19.8 Å². The third kappa shape index (κ3) is 6.05. The van der Waals surface area contributed by atoms with Crippen LogP contribution in [0.1, 0.15) is 29.9 Å². The molecule has 0 radical (unpaired) electrons. The van der Waals surface area contributed by atoms with Crippen molar-refractivity contribution < 1.29 is 28.1 Å². The molecule has 1 aromatic carbocycles. The molecule has 1 atom stereocenters. The average molecular weight is 347 g/mol. The smallest absolute Gasteiger partial charge is 0.392 e. The molecular weight excluding hydrogens is 323 g/mol. The van der Waals surface area contributed by atoms with Crippen molar-refractivity contribution in [3.05, 3.63) is 35.4 Å². The minimum absolute atomic E-state index is 0.0195. The van der Waals surface area contributed by atoms with E-state index in [1.807, 2.05) is 29.2 Å². The van der Waals surface area contributed by atoms with Crippen LogP contribution in [0.25, 0.3) is 0 Å². The summed E-state index contributed by atoms with van der Waals surface area (Å²) >= 11 is 0. The Balaban J connectivity index is 1.74. The van der Waals surface area contributed by atoms with Gasteiger partial charge in [0.15, 0.2) is 0 Å². The lowest BCUT2D eigenvalue weighted by atomic mass is 9.86. The number of halogens is 3. The Labute approximate surface area is 139 Å². The summed E-state index contributed by atoms with van der Waals surface area (Å²) in [6.45, 7) is 0.219. The highest BCUT2D eigenvalue weighted by Gasteiger charge is 2.28. The van der Waals surface area contributed by atoms with Crippen molar-refractivity contribution in [3.63, 3.8) is 0 Å². The fourth-order valence-corrected chi connectivity index (χ4v) is 3.16. The van der Waals surface area contributed by atoms with E-state index in [0.717, 1.165) is 37.1 Å². The number of likely N-dealkylation sites (tertiary alicyclic amines) is 1. The molecule has 24 heavy (non-hydrogen) atoms. The third-order valence-corrected chi connectivity index (χ3v) is 4.30. The van der Waals surface area contributed by atoms with Gasteiger partial charge in [-0.05, 0) is 43.0 Å². The van der Waals surface area contributed by atoms with Crippen LogP contribution in [-0.4, -0.2) is 60.2 Å². The molecule has 2 rings (SSSR count). The van der Waals surface area contributed by atoms with Gasteiger partial charge in [0.05, 0.1) is 19.3 Å². The van der Waals surface area contributed by atoms with Gasteiger partial charge in [0, 0.05) is 6.54 Å². The first-order valence-electron chi connectivity index (χ1n) is 8.12. The zero-order chi connectivity index (χ0) is 17.6. The molecule has 1 unspecified atom stereocenters. The third-order valence-electron chi connectivity index (χ3n) is 4.30. The van der Waals surface area contributed by atoms with Gasteiger partial charge in [-0.3, -0.25) is 0 Å². The summed E-state index contributed by atoms with van der Waals surface area (Å²) in [5.41, 5.74) is 2.10. The monoisotopic (exact) mass is 347 g/mol. The number of aliphatic hydroxyl groups excluding tert-OH is 2. The van der Waals surface area contributed by atoms with Crippen molar-refractivity contribution in [1.82, 2.24) is 4.90 Å². The Morgan fingerprint density at radius 1 is 1.21 bits per heavy atom. The summed E-state index contributed by atoms with van der Waals surface area (Å²) in [5.74, 6) is 0.364. The zero-order valence-corrected chi connectivity index (χ0v) is 13.5. The van der Waals surface area contributed by atoms with Crippen LogP contribution in [0.2, 0.25) is 0 Å². The van der Waals surface area contributed by atoms with Crippen molar-refractivity contribution in [3.8, 4) is 0 Å². The molecule has 136 valence electrons. The normalized spacial score (nSPS) is 18.7. The van der Waals surface area contributed by atoms with Crippen LogP contribution in [0, 0.1) is 0 Å². The van der Waals surface area contributed by atoms with Gasteiger partial charge in [0.25, 0.3) is 0 Å². The molecule has 1 saturated heterocycles. The van der Waals surface area contributed by atoms with Crippen molar-refractivity contribution in [1.29, 1.82) is 0 Å². The summed E-state index contributed by atoms with van der Waals surface area (Å²) in [7, 11) is 0. The van der Waals surface area contributed by atoms with E-state index in [4.69, 9.17) is 0 Å². The van der Waals surface area contributed by atoms with E-state index in [-0.39, 0.29) is 13.2 Å².